The predicted molar refractivity (Wildman–Crippen MR) is 115 cm³/mol. The van der Waals surface area contributed by atoms with Crippen LogP contribution in [0.4, 0.5) is 5.13 Å². The van der Waals surface area contributed by atoms with Gasteiger partial charge >= 0.3 is 5.97 Å². The van der Waals surface area contributed by atoms with Crippen molar-refractivity contribution in [2.24, 2.45) is 0 Å². The van der Waals surface area contributed by atoms with Crippen LogP contribution in [0.1, 0.15) is 18.3 Å². The zero-order valence-electron chi connectivity index (χ0n) is 16.4. The molecule has 0 bridgehead atoms. The fraction of sp³-hybridized carbons (Fsp3) is 0.300. The molecule has 29 heavy (non-hydrogen) atoms. The number of carbonyl (C=O) groups excluding carboxylic acids is 2. The van der Waals surface area contributed by atoms with Gasteiger partial charge in [-0.1, -0.05) is 0 Å². The van der Waals surface area contributed by atoms with Gasteiger partial charge in [0.2, 0.25) is 5.91 Å². The minimum absolute atomic E-state index is 0.0963. The normalized spacial score (nSPS) is 10.7. The second kappa shape index (κ2) is 9.71. The Balaban J connectivity index is 1.64. The quantitative estimate of drug-likeness (QED) is 0.428. The Morgan fingerprint density at radius 1 is 1.24 bits per heavy atom. The number of nitrogens with zero attached hydrogens (tertiary/aromatic N) is 2. The van der Waals surface area contributed by atoms with Gasteiger partial charge in [0.1, 0.15) is 5.75 Å². The van der Waals surface area contributed by atoms with Gasteiger partial charge in [-0.3, -0.25) is 14.6 Å². The molecule has 0 radical (unpaired) electrons. The number of benzene rings is 1. The Bertz CT molecular complexity index is 1040. The molecule has 9 heteroatoms. The van der Waals surface area contributed by atoms with Gasteiger partial charge in [0, 0.05) is 21.4 Å². The number of thiazole rings is 1. The van der Waals surface area contributed by atoms with Gasteiger partial charge in [0.05, 0.1) is 37.1 Å². The molecule has 0 aliphatic heterocycles. The molecule has 1 aromatic carbocycles. The standard InChI is InChI=1S/C20H21N3O4S2/c1-4-27-19(25)8-13-10-29-20(22-13)23-18(24)11-28-17-7-12(2)21-16-6-5-14(26-3)9-15(16)17/h5-7,9-10H,4,8,11H2,1-3H3,(H,22,23,24). The number of pyridine rings is 1. The van der Waals surface area contributed by atoms with E-state index in [1.807, 2.05) is 31.2 Å². The zero-order valence-corrected chi connectivity index (χ0v) is 18.0. The summed E-state index contributed by atoms with van der Waals surface area (Å²) in [6, 6.07) is 7.66. The topological polar surface area (TPSA) is 90.4 Å². The monoisotopic (exact) mass is 431 g/mol. The smallest absolute Gasteiger partial charge is 0.311 e. The summed E-state index contributed by atoms with van der Waals surface area (Å²) < 4.78 is 10.2. The third kappa shape index (κ3) is 5.68. The minimum Gasteiger partial charge on any atom is -0.497 e. The molecule has 0 saturated heterocycles. The van der Waals surface area contributed by atoms with Crippen molar-refractivity contribution in [3.05, 3.63) is 41.0 Å². The van der Waals surface area contributed by atoms with Crippen molar-refractivity contribution >= 4 is 51.0 Å². The van der Waals surface area contributed by atoms with Crippen LogP contribution in [-0.2, 0) is 20.7 Å². The zero-order chi connectivity index (χ0) is 20.8. The van der Waals surface area contributed by atoms with Crippen molar-refractivity contribution in [2.45, 2.75) is 25.2 Å². The highest BCUT2D eigenvalue weighted by Crippen LogP contribution is 2.30. The number of amides is 1. The third-order valence-electron chi connectivity index (χ3n) is 3.89. The van der Waals surface area contributed by atoms with E-state index in [0.717, 1.165) is 27.2 Å². The Hall–Kier alpha value is -2.65. The number of aromatic nitrogens is 2. The van der Waals surface area contributed by atoms with Crippen LogP contribution in [0.3, 0.4) is 0 Å². The van der Waals surface area contributed by atoms with Crippen LogP contribution in [0.15, 0.2) is 34.5 Å². The number of rotatable bonds is 8. The SMILES string of the molecule is CCOC(=O)Cc1csc(NC(=O)CSc2cc(C)nc3ccc(OC)cc23)n1. The van der Waals surface area contributed by atoms with Crippen LogP contribution in [0, 0.1) is 6.92 Å². The van der Waals surface area contributed by atoms with E-state index in [9.17, 15) is 9.59 Å². The summed E-state index contributed by atoms with van der Waals surface area (Å²) in [6.07, 6.45) is 0.0963. The highest BCUT2D eigenvalue weighted by atomic mass is 32.2. The van der Waals surface area contributed by atoms with Gasteiger partial charge in [-0.25, -0.2) is 4.98 Å². The molecule has 2 heterocycles. The van der Waals surface area contributed by atoms with E-state index in [2.05, 4.69) is 15.3 Å². The number of aryl methyl sites for hydroxylation is 1. The average molecular weight is 432 g/mol. The molecule has 1 N–H and O–H groups in total. The average Bonchev–Trinajstić information content (AvgIpc) is 3.12. The first-order chi connectivity index (χ1) is 14.0. The van der Waals surface area contributed by atoms with Crippen molar-refractivity contribution in [1.29, 1.82) is 0 Å². The van der Waals surface area contributed by atoms with E-state index in [-0.39, 0.29) is 24.1 Å². The van der Waals surface area contributed by atoms with Crippen LogP contribution in [0.5, 0.6) is 5.75 Å². The van der Waals surface area contributed by atoms with Gasteiger partial charge in [-0.05, 0) is 38.1 Å². The highest BCUT2D eigenvalue weighted by molar-refractivity contribution is 8.00. The molecule has 7 nitrogen and oxygen atoms in total. The Morgan fingerprint density at radius 3 is 2.83 bits per heavy atom. The number of hydrogen-bond acceptors (Lipinski definition) is 8. The molecule has 3 aromatic rings. The van der Waals surface area contributed by atoms with Crippen LogP contribution in [-0.4, -0.2) is 41.3 Å². The summed E-state index contributed by atoms with van der Waals surface area (Å²) in [5.74, 6) is 0.466. The summed E-state index contributed by atoms with van der Waals surface area (Å²) in [6.45, 7) is 4.01. The van der Waals surface area contributed by atoms with Crippen LogP contribution < -0.4 is 10.1 Å². The van der Waals surface area contributed by atoms with Gasteiger partial charge < -0.3 is 14.8 Å². The highest BCUT2D eigenvalue weighted by Gasteiger charge is 2.12. The summed E-state index contributed by atoms with van der Waals surface area (Å²) in [7, 11) is 1.62. The van der Waals surface area contributed by atoms with E-state index < -0.39 is 0 Å². The number of methoxy groups -OCH3 is 1. The molecule has 3 rings (SSSR count). The van der Waals surface area contributed by atoms with Crippen LogP contribution in [0.25, 0.3) is 10.9 Å². The van der Waals surface area contributed by atoms with E-state index >= 15 is 0 Å². The number of carbonyl (C=O) groups is 2. The maximum Gasteiger partial charge on any atom is 0.311 e. The number of fused-ring (bicyclic) bond motifs is 1. The molecule has 2 aromatic heterocycles. The Morgan fingerprint density at radius 2 is 2.07 bits per heavy atom. The molecule has 0 unspecified atom stereocenters. The first-order valence-corrected chi connectivity index (χ1v) is 10.8. The van der Waals surface area contributed by atoms with Gasteiger partial charge in [-0.2, -0.15) is 0 Å². The van der Waals surface area contributed by atoms with Gasteiger partial charge in [0.25, 0.3) is 0 Å². The van der Waals surface area contributed by atoms with Gasteiger partial charge in [-0.15, -0.1) is 23.1 Å². The fourth-order valence-corrected chi connectivity index (χ4v) is 4.31. The second-order valence-corrected chi connectivity index (χ2v) is 7.98. The minimum atomic E-state index is -0.332. The lowest BCUT2D eigenvalue weighted by Gasteiger charge is -2.09. The molecule has 0 spiro atoms. The lowest BCUT2D eigenvalue weighted by atomic mass is 10.2. The maximum absolute atomic E-state index is 12.4. The Labute approximate surface area is 176 Å². The number of hydrogen-bond donors (Lipinski definition) is 1. The predicted octanol–water partition coefficient (Wildman–Crippen LogP) is 3.84. The second-order valence-electron chi connectivity index (χ2n) is 6.11. The van der Waals surface area contributed by atoms with E-state index in [0.29, 0.717) is 17.4 Å². The molecular formula is C20H21N3O4S2. The van der Waals surface area contributed by atoms with Gasteiger partial charge in [0.15, 0.2) is 5.13 Å². The van der Waals surface area contributed by atoms with Crippen molar-refractivity contribution < 1.29 is 19.1 Å². The maximum atomic E-state index is 12.4. The number of ether oxygens (including phenoxy) is 2. The first-order valence-electron chi connectivity index (χ1n) is 8.96. The molecule has 0 atom stereocenters. The van der Waals surface area contributed by atoms with Crippen molar-refractivity contribution in [1.82, 2.24) is 9.97 Å². The number of thioether (sulfide) groups is 1. The van der Waals surface area contributed by atoms with Crippen molar-refractivity contribution in [3.8, 4) is 5.75 Å². The summed E-state index contributed by atoms with van der Waals surface area (Å²) >= 11 is 2.71. The summed E-state index contributed by atoms with van der Waals surface area (Å²) in [5.41, 5.74) is 2.32. The van der Waals surface area contributed by atoms with E-state index in [1.54, 1.807) is 19.4 Å². The largest absolute Gasteiger partial charge is 0.497 e. The lowest BCUT2D eigenvalue weighted by Crippen LogP contribution is -2.14. The molecule has 1 amide bonds. The first kappa shape index (κ1) is 21.1. The van der Waals surface area contributed by atoms with Crippen molar-refractivity contribution in [2.75, 3.05) is 24.8 Å². The number of nitrogens with one attached hydrogen (secondary N) is 1. The summed E-state index contributed by atoms with van der Waals surface area (Å²) in [4.78, 5) is 33.6. The molecule has 152 valence electrons. The lowest BCUT2D eigenvalue weighted by molar-refractivity contribution is -0.142. The molecule has 0 fully saturated rings. The van der Waals surface area contributed by atoms with E-state index in [4.69, 9.17) is 9.47 Å². The molecular weight excluding hydrogens is 410 g/mol. The summed E-state index contributed by atoms with van der Waals surface area (Å²) in [5, 5.41) is 5.93. The van der Waals surface area contributed by atoms with Crippen LogP contribution in [0.2, 0.25) is 0 Å². The fourth-order valence-electron chi connectivity index (χ4n) is 2.65. The number of anilines is 1. The molecule has 0 aliphatic carbocycles. The molecule has 0 saturated carbocycles. The third-order valence-corrected chi connectivity index (χ3v) is 5.76. The van der Waals surface area contributed by atoms with E-state index in [1.165, 1.54) is 23.1 Å². The van der Waals surface area contributed by atoms with Crippen molar-refractivity contribution in [3.63, 3.8) is 0 Å². The Kier molecular flexibility index (Phi) is 7.05. The number of esters is 1. The van der Waals surface area contributed by atoms with Crippen LogP contribution >= 0.6 is 23.1 Å². The molecule has 0 aliphatic rings.